The van der Waals surface area contributed by atoms with Crippen molar-refractivity contribution in [3.8, 4) is 0 Å². The quantitative estimate of drug-likeness (QED) is 0.669. The fourth-order valence-corrected chi connectivity index (χ4v) is 2.95. The lowest BCUT2D eigenvalue weighted by Gasteiger charge is -2.08. The Morgan fingerprint density at radius 3 is 2.44 bits per heavy atom. The Hall–Kier alpha value is -1.34. The lowest BCUT2D eigenvalue weighted by Crippen LogP contribution is -1.89. The molecule has 0 spiro atoms. The van der Waals surface area contributed by atoms with Crippen molar-refractivity contribution in [1.82, 2.24) is 0 Å². The van der Waals surface area contributed by atoms with E-state index >= 15 is 0 Å². The second kappa shape index (κ2) is 4.40. The molecule has 2 aromatic carbocycles. The number of halogens is 1. The van der Waals surface area contributed by atoms with Crippen LogP contribution in [0.3, 0.4) is 0 Å². The molecular formula is C17H15Br. The molecule has 0 N–H and O–H groups in total. The van der Waals surface area contributed by atoms with Gasteiger partial charge in [0.25, 0.3) is 0 Å². The van der Waals surface area contributed by atoms with Crippen LogP contribution in [0.1, 0.15) is 35.1 Å². The van der Waals surface area contributed by atoms with E-state index in [1.54, 1.807) is 0 Å². The molecule has 0 bridgehead atoms. The lowest BCUT2D eigenvalue weighted by atomic mass is 9.98. The van der Waals surface area contributed by atoms with Crippen molar-refractivity contribution in [2.75, 3.05) is 0 Å². The minimum atomic E-state index is 0.494. The number of hydrogen-bond acceptors (Lipinski definition) is 0. The zero-order chi connectivity index (χ0) is 12.7. The van der Waals surface area contributed by atoms with Crippen LogP contribution in [0.15, 0.2) is 53.0 Å². The molecule has 18 heavy (non-hydrogen) atoms. The van der Waals surface area contributed by atoms with Crippen LogP contribution in [-0.4, -0.2) is 0 Å². The third-order valence-electron chi connectivity index (χ3n) is 3.57. The summed E-state index contributed by atoms with van der Waals surface area (Å²) in [6.45, 7) is 4.38. The molecule has 0 aliphatic heterocycles. The predicted molar refractivity (Wildman–Crippen MR) is 80.8 cm³/mol. The van der Waals surface area contributed by atoms with Gasteiger partial charge in [-0.25, -0.2) is 0 Å². The van der Waals surface area contributed by atoms with E-state index in [0.717, 1.165) is 4.47 Å². The first-order chi connectivity index (χ1) is 8.65. The SMILES string of the molecule is Cc1ccc(C2=CC(C)c3cc(Br)ccc32)cc1. The second-order valence-corrected chi connectivity index (χ2v) is 5.88. The number of rotatable bonds is 1. The summed E-state index contributed by atoms with van der Waals surface area (Å²) >= 11 is 3.55. The summed E-state index contributed by atoms with van der Waals surface area (Å²) in [7, 11) is 0. The molecule has 0 aromatic heterocycles. The number of benzene rings is 2. The van der Waals surface area contributed by atoms with Crippen LogP contribution in [-0.2, 0) is 0 Å². The van der Waals surface area contributed by atoms with Crippen LogP contribution in [0.2, 0.25) is 0 Å². The Morgan fingerprint density at radius 2 is 1.72 bits per heavy atom. The molecule has 0 radical (unpaired) electrons. The fourth-order valence-electron chi connectivity index (χ4n) is 2.57. The Bertz CT molecular complexity index is 621. The predicted octanol–water partition coefficient (Wildman–Crippen LogP) is 5.31. The largest absolute Gasteiger partial charge is 0.0688 e. The Labute approximate surface area is 116 Å². The monoisotopic (exact) mass is 298 g/mol. The first-order valence-corrected chi connectivity index (χ1v) is 7.03. The molecule has 1 atom stereocenters. The molecular weight excluding hydrogens is 284 g/mol. The highest BCUT2D eigenvalue weighted by Crippen LogP contribution is 2.40. The summed E-state index contributed by atoms with van der Waals surface area (Å²) in [6, 6.07) is 15.4. The van der Waals surface area contributed by atoms with Gasteiger partial charge in [-0.15, -0.1) is 0 Å². The molecule has 1 aliphatic rings. The maximum atomic E-state index is 3.55. The minimum Gasteiger partial charge on any atom is -0.0688 e. The van der Waals surface area contributed by atoms with E-state index in [9.17, 15) is 0 Å². The van der Waals surface area contributed by atoms with E-state index in [1.807, 2.05) is 0 Å². The zero-order valence-corrected chi connectivity index (χ0v) is 12.2. The third-order valence-corrected chi connectivity index (χ3v) is 4.07. The molecule has 1 heteroatoms. The molecule has 0 saturated carbocycles. The first-order valence-electron chi connectivity index (χ1n) is 6.24. The molecule has 0 heterocycles. The molecule has 1 aliphatic carbocycles. The summed E-state index contributed by atoms with van der Waals surface area (Å²) in [5.41, 5.74) is 6.77. The average Bonchev–Trinajstić information content (AvgIpc) is 2.68. The highest BCUT2D eigenvalue weighted by Gasteiger charge is 2.21. The number of aryl methyl sites for hydroxylation is 1. The molecule has 0 saturated heterocycles. The van der Waals surface area contributed by atoms with Crippen molar-refractivity contribution in [1.29, 1.82) is 0 Å². The standard InChI is InChI=1S/C17H15Br/c1-11-3-5-13(6-4-11)17-9-12(2)16-10-14(18)7-8-15(16)17/h3-10,12H,1-2H3. The zero-order valence-electron chi connectivity index (χ0n) is 10.6. The second-order valence-electron chi connectivity index (χ2n) is 4.97. The van der Waals surface area contributed by atoms with Crippen molar-refractivity contribution < 1.29 is 0 Å². The molecule has 90 valence electrons. The minimum absolute atomic E-state index is 0.494. The van der Waals surface area contributed by atoms with Gasteiger partial charge in [-0.05, 0) is 41.3 Å². The van der Waals surface area contributed by atoms with Gasteiger partial charge in [-0.1, -0.05) is 64.8 Å². The summed E-state index contributed by atoms with van der Waals surface area (Å²) < 4.78 is 1.16. The van der Waals surface area contributed by atoms with Crippen molar-refractivity contribution in [3.63, 3.8) is 0 Å². The summed E-state index contributed by atoms with van der Waals surface area (Å²) in [6.07, 6.45) is 2.36. The van der Waals surface area contributed by atoms with Gasteiger partial charge < -0.3 is 0 Å². The van der Waals surface area contributed by atoms with Gasteiger partial charge in [-0.2, -0.15) is 0 Å². The van der Waals surface area contributed by atoms with Gasteiger partial charge in [0.1, 0.15) is 0 Å². The summed E-state index contributed by atoms with van der Waals surface area (Å²) in [5.74, 6) is 0.494. The van der Waals surface area contributed by atoms with Gasteiger partial charge >= 0.3 is 0 Å². The van der Waals surface area contributed by atoms with Crippen molar-refractivity contribution >= 4 is 21.5 Å². The number of fused-ring (bicyclic) bond motifs is 1. The number of allylic oxidation sites excluding steroid dienone is 1. The fraction of sp³-hybridized carbons (Fsp3) is 0.176. The Balaban J connectivity index is 2.11. The Kier molecular flexibility index (Phi) is 2.87. The highest BCUT2D eigenvalue weighted by molar-refractivity contribution is 9.10. The molecule has 0 amide bonds. The van der Waals surface area contributed by atoms with Crippen molar-refractivity contribution in [2.24, 2.45) is 0 Å². The van der Waals surface area contributed by atoms with Gasteiger partial charge in [0, 0.05) is 10.4 Å². The maximum absolute atomic E-state index is 3.55. The van der Waals surface area contributed by atoms with Gasteiger partial charge in [0.2, 0.25) is 0 Å². The van der Waals surface area contributed by atoms with Crippen LogP contribution in [0, 0.1) is 6.92 Å². The van der Waals surface area contributed by atoms with E-state index in [1.165, 1.54) is 27.8 Å². The molecule has 0 fully saturated rings. The van der Waals surface area contributed by atoms with E-state index in [-0.39, 0.29) is 0 Å². The molecule has 0 nitrogen and oxygen atoms in total. The topological polar surface area (TPSA) is 0 Å². The maximum Gasteiger partial charge on any atom is 0.0178 e. The van der Waals surface area contributed by atoms with E-state index in [0.29, 0.717) is 5.92 Å². The first kappa shape index (κ1) is 11.7. The van der Waals surface area contributed by atoms with Crippen LogP contribution in [0.25, 0.3) is 5.57 Å². The Morgan fingerprint density at radius 1 is 1.00 bits per heavy atom. The van der Waals surface area contributed by atoms with Crippen LogP contribution in [0.4, 0.5) is 0 Å². The third kappa shape index (κ3) is 1.93. The number of hydrogen-bond donors (Lipinski definition) is 0. The normalized spacial score (nSPS) is 17.5. The van der Waals surface area contributed by atoms with Crippen molar-refractivity contribution in [3.05, 3.63) is 75.3 Å². The average molecular weight is 299 g/mol. The van der Waals surface area contributed by atoms with E-state index in [2.05, 4.69) is 78.3 Å². The van der Waals surface area contributed by atoms with E-state index < -0.39 is 0 Å². The molecule has 1 unspecified atom stereocenters. The smallest absolute Gasteiger partial charge is 0.0178 e. The van der Waals surface area contributed by atoms with Crippen LogP contribution >= 0.6 is 15.9 Å². The van der Waals surface area contributed by atoms with Crippen LogP contribution < -0.4 is 0 Å². The summed E-state index contributed by atoms with van der Waals surface area (Å²) in [4.78, 5) is 0. The van der Waals surface area contributed by atoms with Gasteiger partial charge in [0.15, 0.2) is 0 Å². The van der Waals surface area contributed by atoms with Crippen LogP contribution in [0.5, 0.6) is 0 Å². The van der Waals surface area contributed by atoms with Gasteiger partial charge in [0.05, 0.1) is 0 Å². The lowest BCUT2D eigenvalue weighted by molar-refractivity contribution is 0.988. The molecule has 3 rings (SSSR count). The highest BCUT2D eigenvalue weighted by atomic mass is 79.9. The van der Waals surface area contributed by atoms with E-state index in [4.69, 9.17) is 0 Å². The summed E-state index contributed by atoms with van der Waals surface area (Å²) in [5, 5.41) is 0. The van der Waals surface area contributed by atoms with Gasteiger partial charge in [-0.3, -0.25) is 0 Å². The molecule has 2 aromatic rings. The van der Waals surface area contributed by atoms with Crippen molar-refractivity contribution in [2.45, 2.75) is 19.8 Å².